The Morgan fingerprint density at radius 3 is 2.95 bits per heavy atom. The first kappa shape index (κ1) is 14.1. The van der Waals surface area contributed by atoms with Crippen molar-refractivity contribution in [1.82, 2.24) is 9.78 Å². The van der Waals surface area contributed by atoms with E-state index in [2.05, 4.69) is 16.9 Å². The number of aromatic nitrogens is 2. The van der Waals surface area contributed by atoms with Crippen molar-refractivity contribution in [2.75, 3.05) is 6.61 Å². The average Bonchev–Trinajstić information content (AvgIpc) is 2.84. The Hall–Kier alpha value is -2.32. The highest BCUT2D eigenvalue weighted by molar-refractivity contribution is 5.46. The molecule has 1 aromatic heterocycles. The van der Waals surface area contributed by atoms with Crippen LogP contribution in [0.15, 0.2) is 30.5 Å². The van der Waals surface area contributed by atoms with Crippen LogP contribution >= 0.6 is 0 Å². The fourth-order valence-electron chi connectivity index (χ4n) is 1.63. The van der Waals surface area contributed by atoms with Gasteiger partial charge in [-0.2, -0.15) is 5.10 Å². The van der Waals surface area contributed by atoms with Gasteiger partial charge in [0.15, 0.2) is 0 Å². The summed E-state index contributed by atoms with van der Waals surface area (Å²) in [5.74, 6) is 5.68. The number of benzene rings is 1. The van der Waals surface area contributed by atoms with Gasteiger partial charge in [0.25, 0.3) is 0 Å². The number of hydrogen-bond donors (Lipinski definition) is 1. The predicted octanol–water partition coefficient (Wildman–Crippen LogP) is 1.87. The number of hydrogen-bond acceptors (Lipinski definition) is 3. The molecule has 0 saturated heterocycles. The highest BCUT2D eigenvalue weighted by Crippen LogP contribution is 2.19. The second-order valence-corrected chi connectivity index (χ2v) is 4.19. The molecule has 1 aromatic carbocycles. The van der Waals surface area contributed by atoms with Crippen molar-refractivity contribution >= 4 is 0 Å². The lowest BCUT2D eigenvalue weighted by atomic mass is 10.2. The predicted molar refractivity (Wildman–Crippen MR) is 72.5 cm³/mol. The van der Waals surface area contributed by atoms with Gasteiger partial charge in [0, 0.05) is 19.7 Å². The lowest BCUT2D eigenvalue weighted by molar-refractivity contribution is 0.298. The number of halogens is 1. The normalized spacial score (nSPS) is 9.95. The van der Waals surface area contributed by atoms with Crippen molar-refractivity contribution in [1.29, 1.82) is 0 Å². The van der Waals surface area contributed by atoms with Crippen molar-refractivity contribution in [2.45, 2.75) is 13.0 Å². The zero-order valence-electron chi connectivity index (χ0n) is 11.1. The minimum atomic E-state index is -0.372. The van der Waals surface area contributed by atoms with Crippen LogP contribution in [-0.4, -0.2) is 21.5 Å². The number of nitrogens with zero attached hydrogens (tertiary/aromatic N) is 2. The molecular weight excluding hydrogens is 259 g/mol. The molecule has 0 unspecified atom stereocenters. The zero-order valence-corrected chi connectivity index (χ0v) is 11.1. The van der Waals surface area contributed by atoms with E-state index in [-0.39, 0.29) is 12.4 Å². The third-order valence-electron chi connectivity index (χ3n) is 2.55. The average molecular weight is 274 g/mol. The Morgan fingerprint density at radius 1 is 1.40 bits per heavy atom. The van der Waals surface area contributed by atoms with Gasteiger partial charge >= 0.3 is 0 Å². The molecule has 0 radical (unpaired) electrons. The number of aliphatic hydroxyl groups excluding tert-OH is 1. The van der Waals surface area contributed by atoms with Crippen LogP contribution in [0.3, 0.4) is 0 Å². The van der Waals surface area contributed by atoms with Crippen LogP contribution < -0.4 is 4.74 Å². The summed E-state index contributed by atoms with van der Waals surface area (Å²) in [5.41, 5.74) is 1.25. The standard InChI is InChI=1S/C15H15FN2O2/c1-18-8-7-14(17-18)11-20-15-6-5-13(16)10-12(15)4-2-3-9-19/h5-8,10,19H,3,9,11H2,1H3. The quantitative estimate of drug-likeness (QED) is 0.866. The van der Waals surface area contributed by atoms with Gasteiger partial charge in [-0.25, -0.2) is 4.39 Å². The van der Waals surface area contributed by atoms with Gasteiger partial charge in [-0.05, 0) is 24.3 Å². The Bertz CT molecular complexity index is 641. The first-order valence-corrected chi connectivity index (χ1v) is 6.19. The van der Waals surface area contributed by atoms with E-state index < -0.39 is 0 Å². The van der Waals surface area contributed by atoms with E-state index in [0.29, 0.717) is 24.3 Å². The van der Waals surface area contributed by atoms with E-state index in [1.54, 1.807) is 10.7 Å². The van der Waals surface area contributed by atoms with Gasteiger partial charge < -0.3 is 9.84 Å². The van der Waals surface area contributed by atoms with E-state index >= 15 is 0 Å². The molecular formula is C15H15FN2O2. The topological polar surface area (TPSA) is 47.3 Å². The summed E-state index contributed by atoms with van der Waals surface area (Å²) in [6.07, 6.45) is 2.17. The maximum absolute atomic E-state index is 13.2. The third kappa shape index (κ3) is 3.84. The van der Waals surface area contributed by atoms with Crippen LogP contribution in [-0.2, 0) is 13.7 Å². The summed E-state index contributed by atoms with van der Waals surface area (Å²) in [4.78, 5) is 0. The van der Waals surface area contributed by atoms with Crippen LogP contribution in [0.2, 0.25) is 0 Å². The van der Waals surface area contributed by atoms with E-state index in [4.69, 9.17) is 9.84 Å². The number of aryl methyl sites for hydroxylation is 1. The summed E-state index contributed by atoms with van der Waals surface area (Å²) in [6, 6.07) is 6.03. The number of ether oxygens (including phenoxy) is 1. The molecule has 0 atom stereocenters. The van der Waals surface area contributed by atoms with Gasteiger partial charge in [0.2, 0.25) is 0 Å². The number of aliphatic hydroxyl groups is 1. The minimum Gasteiger partial charge on any atom is -0.486 e. The fourth-order valence-corrected chi connectivity index (χ4v) is 1.63. The monoisotopic (exact) mass is 274 g/mol. The Kier molecular flexibility index (Phi) is 4.75. The highest BCUT2D eigenvalue weighted by Gasteiger charge is 2.05. The van der Waals surface area contributed by atoms with Crippen LogP contribution in [0.25, 0.3) is 0 Å². The molecule has 0 aliphatic heterocycles. The van der Waals surface area contributed by atoms with Gasteiger partial charge in [-0.1, -0.05) is 11.8 Å². The highest BCUT2D eigenvalue weighted by atomic mass is 19.1. The van der Waals surface area contributed by atoms with Gasteiger partial charge in [0.1, 0.15) is 18.2 Å². The molecule has 104 valence electrons. The van der Waals surface area contributed by atoms with Crippen LogP contribution in [0.4, 0.5) is 4.39 Å². The molecule has 4 nitrogen and oxygen atoms in total. The molecule has 20 heavy (non-hydrogen) atoms. The molecule has 0 aliphatic rings. The molecule has 5 heteroatoms. The SMILES string of the molecule is Cn1ccc(COc2ccc(F)cc2C#CCCO)n1. The van der Waals surface area contributed by atoms with E-state index in [0.717, 1.165) is 5.69 Å². The minimum absolute atomic E-state index is 0.0214. The summed E-state index contributed by atoms with van der Waals surface area (Å²) >= 11 is 0. The second kappa shape index (κ2) is 6.73. The summed E-state index contributed by atoms with van der Waals surface area (Å²) in [6.45, 7) is 0.271. The van der Waals surface area contributed by atoms with Crippen molar-refractivity contribution in [2.24, 2.45) is 7.05 Å². The fraction of sp³-hybridized carbons (Fsp3) is 0.267. The van der Waals surface area contributed by atoms with Crippen molar-refractivity contribution < 1.29 is 14.2 Å². The summed E-state index contributed by atoms with van der Waals surface area (Å²) in [7, 11) is 1.83. The molecule has 0 bridgehead atoms. The first-order valence-electron chi connectivity index (χ1n) is 6.19. The first-order chi connectivity index (χ1) is 9.69. The van der Waals surface area contributed by atoms with Gasteiger partial charge in [-0.15, -0.1) is 0 Å². The van der Waals surface area contributed by atoms with Crippen LogP contribution in [0.5, 0.6) is 5.75 Å². The molecule has 0 fully saturated rings. The third-order valence-corrected chi connectivity index (χ3v) is 2.55. The van der Waals surface area contributed by atoms with Gasteiger partial charge in [0.05, 0.1) is 17.9 Å². The van der Waals surface area contributed by atoms with Crippen molar-refractivity contribution in [3.8, 4) is 17.6 Å². The van der Waals surface area contributed by atoms with Crippen LogP contribution in [0, 0.1) is 17.7 Å². The Morgan fingerprint density at radius 2 is 2.25 bits per heavy atom. The maximum atomic E-state index is 13.2. The molecule has 2 aromatic rings. The summed E-state index contributed by atoms with van der Waals surface area (Å²) in [5, 5.41) is 12.9. The largest absolute Gasteiger partial charge is 0.486 e. The molecule has 2 rings (SSSR count). The molecule has 1 heterocycles. The Balaban J connectivity index is 2.12. The number of rotatable bonds is 4. The Labute approximate surface area is 116 Å². The second-order valence-electron chi connectivity index (χ2n) is 4.19. The van der Waals surface area contributed by atoms with Crippen molar-refractivity contribution in [3.05, 3.63) is 47.5 Å². The van der Waals surface area contributed by atoms with E-state index in [1.165, 1.54) is 12.1 Å². The molecule has 0 aliphatic carbocycles. The zero-order chi connectivity index (χ0) is 14.4. The molecule has 0 amide bonds. The lowest BCUT2D eigenvalue weighted by Crippen LogP contribution is -1.99. The summed E-state index contributed by atoms with van der Waals surface area (Å²) < 4.78 is 20.5. The smallest absolute Gasteiger partial charge is 0.135 e. The van der Waals surface area contributed by atoms with Crippen molar-refractivity contribution in [3.63, 3.8) is 0 Å². The van der Waals surface area contributed by atoms with Crippen LogP contribution in [0.1, 0.15) is 17.7 Å². The van der Waals surface area contributed by atoms with E-state index in [9.17, 15) is 4.39 Å². The van der Waals surface area contributed by atoms with Gasteiger partial charge in [-0.3, -0.25) is 4.68 Å². The molecule has 0 saturated carbocycles. The molecule has 1 N–H and O–H groups in total. The maximum Gasteiger partial charge on any atom is 0.135 e. The molecule has 0 spiro atoms. The lowest BCUT2D eigenvalue weighted by Gasteiger charge is -2.06. The van der Waals surface area contributed by atoms with E-state index in [1.807, 2.05) is 19.3 Å².